The van der Waals surface area contributed by atoms with E-state index in [0.717, 1.165) is 31.6 Å². The van der Waals surface area contributed by atoms with Gasteiger partial charge in [0.05, 0.1) is 18.8 Å². The number of hydrogen-bond acceptors (Lipinski definition) is 3. The minimum atomic E-state index is -4.42. The summed E-state index contributed by atoms with van der Waals surface area (Å²) < 4.78 is 46.8. The highest BCUT2D eigenvalue weighted by Crippen LogP contribution is 2.36. The number of rotatable bonds is 6. The average Bonchev–Trinajstić information content (AvgIpc) is 2.79. The first-order valence-corrected chi connectivity index (χ1v) is 10.8. The van der Waals surface area contributed by atoms with Gasteiger partial charge in [0.1, 0.15) is 0 Å². The molecule has 2 aromatic carbocycles. The number of nitrogens with one attached hydrogen (secondary N) is 1. The predicted molar refractivity (Wildman–Crippen MR) is 119 cm³/mol. The van der Waals surface area contributed by atoms with Crippen molar-refractivity contribution in [1.82, 2.24) is 10.3 Å². The third kappa shape index (κ3) is 5.19. The van der Waals surface area contributed by atoms with E-state index < -0.39 is 11.7 Å². The van der Waals surface area contributed by atoms with E-state index in [0.29, 0.717) is 23.3 Å². The molecule has 1 aromatic heterocycles. The van der Waals surface area contributed by atoms with Crippen LogP contribution in [0.1, 0.15) is 35.2 Å². The maximum atomic E-state index is 13.6. The van der Waals surface area contributed by atoms with Crippen LogP contribution >= 0.6 is 0 Å². The molecule has 1 aliphatic heterocycles. The highest BCUT2D eigenvalue weighted by Gasteiger charge is 2.34. The second kappa shape index (κ2) is 9.43. The van der Waals surface area contributed by atoms with Crippen molar-refractivity contribution in [1.29, 1.82) is 0 Å². The van der Waals surface area contributed by atoms with Gasteiger partial charge in [0.25, 0.3) is 0 Å². The summed E-state index contributed by atoms with van der Waals surface area (Å²) in [5.41, 5.74) is 2.93. The molecule has 3 nitrogen and oxygen atoms in total. The van der Waals surface area contributed by atoms with Gasteiger partial charge in [-0.25, -0.2) is 0 Å². The summed E-state index contributed by atoms with van der Waals surface area (Å²) in [6.45, 7) is 4.21. The van der Waals surface area contributed by atoms with Crippen molar-refractivity contribution in [2.75, 3.05) is 19.7 Å². The molecule has 1 aliphatic rings. The molecule has 3 aromatic rings. The molecule has 4 rings (SSSR count). The number of ether oxygens (including phenoxy) is 1. The molecule has 1 N–H and O–H groups in total. The number of aromatic nitrogens is 1. The summed E-state index contributed by atoms with van der Waals surface area (Å²) in [5.74, 6) is 0. The van der Waals surface area contributed by atoms with E-state index in [1.807, 2.05) is 25.1 Å². The lowest BCUT2D eigenvalue weighted by Gasteiger charge is -2.38. The standard InChI is InChI=1S/C26H27F3N2O/c1-19-13-21(7-10-31-19)22-14-20(15-24(16-22)26(27,28)29)17-32-18-25(8-11-30-12-9-25)23-5-3-2-4-6-23/h2-7,10,13-16,30H,8-9,11-12,17-18H2,1H3. The highest BCUT2D eigenvalue weighted by atomic mass is 19.4. The Morgan fingerprint density at radius 1 is 0.969 bits per heavy atom. The molecular weight excluding hydrogens is 413 g/mol. The van der Waals surface area contributed by atoms with Gasteiger partial charge in [-0.2, -0.15) is 13.2 Å². The Kier molecular flexibility index (Phi) is 6.63. The van der Waals surface area contributed by atoms with Crippen LogP contribution < -0.4 is 5.32 Å². The van der Waals surface area contributed by atoms with E-state index in [4.69, 9.17) is 4.74 Å². The van der Waals surface area contributed by atoms with Crippen molar-refractivity contribution in [3.05, 3.63) is 89.2 Å². The number of pyridine rings is 1. The molecular formula is C26H27F3N2O. The summed E-state index contributed by atoms with van der Waals surface area (Å²) in [6.07, 6.45) is -0.947. The number of alkyl halides is 3. The van der Waals surface area contributed by atoms with Crippen LogP contribution in [0.3, 0.4) is 0 Å². The number of benzene rings is 2. The second-order valence-corrected chi connectivity index (χ2v) is 8.49. The molecule has 168 valence electrons. The Labute approximate surface area is 186 Å². The lowest BCUT2D eigenvalue weighted by atomic mass is 9.74. The Bertz CT molecular complexity index is 1040. The molecule has 2 heterocycles. The molecule has 0 amide bonds. The molecule has 1 saturated heterocycles. The topological polar surface area (TPSA) is 34.1 Å². The lowest BCUT2D eigenvalue weighted by molar-refractivity contribution is -0.137. The van der Waals surface area contributed by atoms with E-state index in [1.54, 1.807) is 24.4 Å². The summed E-state index contributed by atoms with van der Waals surface area (Å²) in [5, 5.41) is 3.39. The highest BCUT2D eigenvalue weighted by molar-refractivity contribution is 5.65. The van der Waals surface area contributed by atoms with Crippen LogP contribution in [-0.2, 0) is 22.9 Å². The minimum absolute atomic E-state index is 0.126. The number of aryl methyl sites for hydroxylation is 1. The van der Waals surface area contributed by atoms with Crippen LogP contribution in [0.5, 0.6) is 0 Å². The fourth-order valence-electron chi connectivity index (χ4n) is 4.41. The molecule has 1 fully saturated rings. The van der Waals surface area contributed by atoms with Crippen LogP contribution in [0, 0.1) is 6.92 Å². The quantitative estimate of drug-likeness (QED) is 0.517. The molecule has 0 aliphatic carbocycles. The third-order valence-corrected chi connectivity index (χ3v) is 6.14. The van der Waals surface area contributed by atoms with Gasteiger partial charge in [-0.05, 0) is 85.4 Å². The van der Waals surface area contributed by atoms with Gasteiger partial charge in [-0.1, -0.05) is 30.3 Å². The van der Waals surface area contributed by atoms with E-state index >= 15 is 0 Å². The van der Waals surface area contributed by atoms with E-state index in [1.165, 1.54) is 17.7 Å². The number of hydrogen-bond donors (Lipinski definition) is 1. The van der Waals surface area contributed by atoms with Crippen molar-refractivity contribution in [3.8, 4) is 11.1 Å². The second-order valence-electron chi connectivity index (χ2n) is 8.49. The maximum absolute atomic E-state index is 13.6. The zero-order valence-electron chi connectivity index (χ0n) is 18.1. The molecule has 0 atom stereocenters. The van der Waals surface area contributed by atoms with E-state index in [-0.39, 0.29) is 12.0 Å². The molecule has 0 radical (unpaired) electrons. The van der Waals surface area contributed by atoms with Crippen molar-refractivity contribution < 1.29 is 17.9 Å². The zero-order chi connectivity index (χ0) is 22.6. The van der Waals surface area contributed by atoms with E-state index in [9.17, 15) is 13.2 Å². The fourth-order valence-corrected chi connectivity index (χ4v) is 4.41. The summed E-state index contributed by atoms with van der Waals surface area (Å²) in [7, 11) is 0. The Morgan fingerprint density at radius 2 is 1.72 bits per heavy atom. The molecule has 0 unspecified atom stereocenters. The zero-order valence-corrected chi connectivity index (χ0v) is 18.1. The van der Waals surface area contributed by atoms with Crippen LogP contribution in [-0.4, -0.2) is 24.7 Å². The monoisotopic (exact) mass is 440 g/mol. The van der Waals surface area contributed by atoms with Crippen molar-refractivity contribution in [2.24, 2.45) is 0 Å². The Morgan fingerprint density at radius 3 is 2.41 bits per heavy atom. The molecule has 0 saturated carbocycles. The van der Waals surface area contributed by atoms with Crippen molar-refractivity contribution >= 4 is 0 Å². The summed E-state index contributed by atoms with van der Waals surface area (Å²) >= 11 is 0. The van der Waals surface area contributed by atoms with Gasteiger partial charge in [-0.3, -0.25) is 4.98 Å². The summed E-state index contributed by atoms with van der Waals surface area (Å²) in [4.78, 5) is 4.14. The van der Waals surface area contributed by atoms with E-state index in [2.05, 4.69) is 22.4 Å². The van der Waals surface area contributed by atoms with Gasteiger partial charge in [-0.15, -0.1) is 0 Å². The Balaban J connectivity index is 1.57. The number of piperidine rings is 1. The van der Waals surface area contributed by atoms with Crippen molar-refractivity contribution in [3.63, 3.8) is 0 Å². The average molecular weight is 441 g/mol. The number of nitrogens with zero attached hydrogens (tertiary/aromatic N) is 1. The van der Waals surface area contributed by atoms with Crippen LogP contribution in [0.4, 0.5) is 13.2 Å². The number of halogens is 3. The molecule has 0 spiro atoms. The smallest absolute Gasteiger partial charge is 0.376 e. The molecule has 6 heteroatoms. The van der Waals surface area contributed by atoms with Gasteiger partial charge < -0.3 is 10.1 Å². The van der Waals surface area contributed by atoms with Gasteiger partial charge in [0.15, 0.2) is 0 Å². The third-order valence-electron chi connectivity index (χ3n) is 6.14. The lowest BCUT2D eigenvalue weighted by Crippen LogP contribution is -2.43. The molecule has 0 bridgehead atoms. The molecule has 32 heavy (non-hydrogen) atoms. The van der Waals surface area contributed by atoms with Gasteiger partial charge in [0, 0.05) is 17.3 Å². The summed E-state index contributed by atoms with van der Waals surface area (Å²) in [6, 6.07) is 17.9. The fraction of sp³-hybridized carbons (Fsp3) is 0.346. The first kappa shape index (κ1) is 22.5. The van der Waals surface area contributed by atoms with Gasteiger partial charge >= 0.3 is 6.18 Å². The minimum Gasteiger partial charge on any atom is -0.376 e. The van der Waals surface area contributed by atoms with Crippen LogP contribution in [0.15, 0.2) is 66.9 Å². The first-order valence-electron chi connectivity index (χ1n) is 10.8. The SMILES string of the molecule is Cc1cc(-c2cc(COCC3(c4ccccc4)CCNCC3)cc(C(F)(F)F)c2)ccn1. The van der Waals surface area contributed by atoms with Crippen molar-refractivity contribution in [2.45, 2.75) is 38.0 Å². The predicted octanol–water partition coefficient (Wildman–Crippen LogP) is 5.91. The maximum Gasteiger partial charge on any atom is 0.416 e. The normalized spacial score (nSPS) is 16.1. The first-order chi connectivity index (χ1) is 15.4. The van der Waals surface area contributed by atoms with Crippen LogP contribution in [0.2, 0.25) is 0 Å². The Hall–Kier alpha value is -2.70. The van der Waals surface area contributed by atoms with Gasteiger partial charge in [0.2, 0.25) is 0 Å². The van der Waals surface area contributed by atoms with Crippen LogP contribution in [0.25, 0.3) is 11.1 Å². The largest absolute Gasteiger partial charge is 0.416 e.